The number of carboxylic acids is 1. The van der Waals surface area contributed by atoms with Crippen molar-refractivity contribution in [2.24, 2.45) is 0 Å². The number of hydrogen-bond donors (Lipinski definition) is 2. The van der Waals surface area contributed by atoms with Crippen LogP contribution in [-0.4, -0.2) is 22.8 Å². The first-order chi connectivity index (χ1) is 11.8. The molecule has 0 spiro atoms. The number of hydrogen-bond acceptors (Lipinski definition) is 3. The maximum Gasteiger partial charge on any atom is 0.335 e. The van der Waals surface area contributed by atoms with Gasteiger partial charge < -0.3 is 10.4 Å². The molecule has 0 aliphatic heterocycles. The lowest BCUT2D eigenvalue weighted by molar-refractivity contribution is 0.0696. The molecule has 25 heavy (non-hydrogen) atoms. The van der Waals surface area contributed by atoms with Crippen molar-refractivity contribution in [3.05, 3.63) is 64.7 Å². The van der Waals surface area contributed by atoms with E-state index in [0.29, 0.717) is 23.2 Å². The number of amides is 1. The second-order valence-corrected chi connectivity index (χ2v) is 6.90. The molecule has 0 saturated heterocycles. The maximum atomic E-state index is 12.3. The highest BCUT2D eigenvalue weighted by molar-refractivity contribution is 6.06. The number of carbonyl (C=O) groups excluding carboxylic acids is 2. The SMILES string of the molecule is CC1(C)CCC(=O)c2cc(NC(=O)c3ccc(C(=O)O)cc3)ccc21. The largest absolute Gasteiger partial charge is 0.478 e. The Morgan fingerprint density at radius 2 is 1.68 bits per heavy atom. The van der Waals surface area contributed by atoms with Crippen LogP contribution in [0.15, 0.2) is 42.5 Å². The van der Waals surface area contributed by atoms with Crippen molar-refractivity contribution in [3.63, 3.8) is 0 Å². The molecule has 3 rings (SSSR count). The molecule has 0 atom stereocenters. The summed E-state index contributed by atoms with van der Waals surface area (Å²) in [5.74, 6) is -1.29. The monoisotopic (exact) mass is 337 g/mol. The van der Waals surface area contributed by atoms with Gasteiger partial charge in [-0.05, 0) is 53.8 Å². The lowest BCUT2D eigenvalue weighted by atomic mass is 9.72. The van der Waals surface area contributed by atoms with Crippen molar-refractivity contribution < 1.29 is 19.5 Å². The Kier molecular flexibility index (Phi) is 4.17. The summed E-state index contributed by atoms with van der Waals surface area (Å²) in [7, 11) is 0. The first-order valence-corrected chi connectivity index (χ1v) is 8.10. The van der Waals surface area contributed by atoms with Gasteiger partial charge in [0.1, 0.15) is 0 Å². The number of anilines is 1. The molecule has 0 heterocycles. The minimum absolute atomic E-state index is 0.0571. The smallest absolute Gasteiger partial charge is 0.335 e. The Labute approximate surface area is 145 Å². The molecule has 2 N–H and O–H groups in total. The number of nitrogens with one attached hydrogen (secondary N) is 1. The van der Waals surface area contributed by atoms with E-state index in [-0.39, 0.29) is 22.7 Å². The van der Waals surface area contributed by atoms with Gasteiger partial charge in [-0.25, -0.2) is 4.79 Å². The highest BCUT2D eigenvalue weighted by atomic mass is 16.4. The Balaban J connectivity index is 1.84. The molecule has 0 radical (unpaired) electrons. The van der Waals surface area contributed by atoms with E-state index in [1.54, 1.807) is 12.1 Å². The van der Waals surface area contributed by atoms with Crippen LogP contribution in [0, 0.1) is 0 Å². The van der Waals surface area contributed by atoms with E-state index in [1.807, 2.05) is 6.07 Å². The number of Topliss-reactive ketones (excluding diaryl/α,β-unsaturated/α-hetero) is 1. The highest BCUT2D eigenvalue weighted by Gasteiger charge is 2.31. The summed E-state index contributed by atoms with van der Waals surface area (Å²) in [6.45, 7) is 4.22. The van der Waals surface area contributed by atoms with Crippen molar-refractivity contribution in [1.29, 1.82) is 0 Å². The zero-order valence-electron chi connectivity index (χ0n) is 14.1. The fourth-order valence-corrected chi connectivity index (χ4v) is 3.11. The van der Waals surface area contributed by atoms with Crippen LogP contribution in [-0.2, 0) is 5.41 Å². The summed E-state index contributed by atoms with van der Waals surface area (Å²) >= 11 is 0. The summed E-state index contributed by atoms with van der Waals surface area (Å²) in [5.41, 5.74) is 2.64. The van der Waals surface area contributed by atoms with Gasteiger partial charge in [0.15, 0.2) is 5.78 Å². The van der Waals surface area contributed by atoms with Gasteiger partial charge in [0.25, 0.3) is 5.91 Å². The molecule has 1 amide bonds. The minimum atomic E-state index is -1.04. The summed E-state index contributed by atoms with van der Waals surface area (Å²) in [6, 6.07) is 11.1. The average Bonchev–Trinajstić information content (AvgIpc) is 2.58. The van der Waals surface area contributed by atoms with Crippen LogP contribution in [0.1, 0.15) is 63.3 Å². The predicted octanol–water partition coefficient (Wildman–Crippen LogP) is 3.89. The Morgan fingerprint density at radius 3 is 2.32 bits per heavy atom. The fraction of sp³-hybridized carbons (Fsp3) is 0.250. The lowest BCUT2D eigenvalue weighted by Crippen LogP contribution is -2.27. The van der Waals surface area contributed by atoms with Crippen molar-refractivity contribution in [2.75, 3.05) is 5.32 Å². The average molecular weight is 337 g/mol. The standard InChI is InChI=1S/C20H19NO4/c1-20(2)10-9-17(22)15-11-14(7-8-16(15)20)21-18(23)12-3-5-13(6-4-12)19(24)25/h3-8,11H,9-10H2,1-2H3,(H,21,23)(H,24,25). The van der Waals surface area contributed by atoms with Crippen molar-refractivity contribution in [3.8, 4) is 0 Å². The summed E-state index contributed by atoms with van der Waals surface area (Å²) in [5, 5.41) is 11.7. The molecular formula is C20H19NO4. The lowest BCUT2D eigenvalue weighted by Gasteiger charge is -2.31. The Bertz CT molecular complexity index is 866. The minimum Gasteiger partial charge on any atom is -0.478 e. The molecule has 2 aromatic rings. The number of aromatic carboxylic acids is 1. The van der Waals surface area contributed by atoms with Crippen LogP contribution < -0.4 is 5.32 Å². The summed E-state index contributed by atoms with van der Waals surface area (Å²) in [4.78, 5) is 35.4. The van der Waals surface area contributed by atoms with Crippen LogP contribution >= 0.6 is 0 Å². The first kappa shape index (κ1) is 16.9. The quantitative estimate of drug-likeness (QED) is 0.890. The molecule has 128 valence electrons. The van der Waals surface area contributed by atoms with Crippen molar-refractivity contribution >= 4 is 23.3 Å². The van der Waals surface area contributed by atoms with E-state index in [0.717, 1.165) is 12.0 Å². The Hall–Kier alpha value is -2.95. The number of ketones is 1. The van der Waals surface area contributed by atoms with Crippen LogP contribution in [0.2, 0.25) is 0 Å². The van der Waals surface area contributed by atoms with E-state index in [4.69, 9.17) is 5.11 Å². The first-order valence-electron chi connectivity index (χ1n) is 8.10. The molecule has 0 unspecified atom stereocenters. The Morgan fingerprint density at radius 1 is 1.04 bits per heavy atom. The number of carboxylic acid groups (broad SMARTS) is 1. The molecule has 0 bridgehead atoms. The molecule has 5 heteroatoms. The number of benzene rings is 2. The third-order valence-electron chi connectivity index (χ3n) is 4.68. The fourth-order valence-electron chi connectivity index (χ4n) is 3.11. The van der Waals surface area contributed by atoms with Gasteiger partial charge in [0.2, 0.25) is 0 Å². The molecule has 1 aliphatic rings. The molecular weight excluding hydrogens is 318 g/mol. The molecule has 2 aromatic carbocycles. The zero-order chi connectivity index (χ0) is 18.2. The van der Waals surface area contributed by atoms with Crippen molar-refractivity contribution in [1.82, 2.24) is 0 Å². The topological polar surface area (TPSA) is 83.5 Å². The van der Waals surface area contributed by atoms with Gasteiger partial charge in [-0.15, -0.1) is 0 Å². The molecule has 5 nitrogen and oxygen atoms in total. The zero-order valence-corrected chi connectivity index (χ0v) is 14.1. The van der Waals surface area contributed by atoms with Crippen molar-refractivity contribution in [2.45, 2.75) is 32.1 Å². The van der Waals surface area contributed by atoms with E-state index in [2.05, 4.69) is 19.2 Å². The third kappa shape index (κ3) is 3.31. The van der Waals surface area contributed by atoms with E-state index >= 15 is 0 Å². The van der Waals surface area contributed by atoms with E-state index in [1.165, 1.54) is 24.3 Å². The van der Waals surface area contributed by atoms with Crippen LogP contribution in [0.25, 0.3) is 0 Å². The van der Waals surface area contributed by atoms with Gasteiger partial charge in [-0.2, -0.15) is 0 Å². The second-order valence-electron chi connectivity index (χ2n) is 6.90. The van der Waals surface area contributed by atoms with Gasteiger partial charge in [0.05, 0.1) is 5.56 Å². The third-order valence-corrected chi connectivity index (χ3v) is 4.68. The number of carbonyl (C=O) groups is 3. The number of fused-ring (bicyclic) bond motifs is 1. The van der Waals surface area contributed by atoms with Crippen LogP contribution in [0.5, 0.6) is 0 Å². The van der Waals surface area contributed by atoms with Gasteiger partial charge in [-0.1, -0.05) is 19.9 Å². The van der Waals surface area contributed by atoms with Crippen LogP contribution in [0.3, 0.4) is 0 Å². The summed E-state index contributed by atoms with van der Waals surface area (Å²) in [6.07, 6.45) is 1.33. The molecule has 0 saturated carbocycles. The number of rotatable bonds is 3. The highest BCUT2D eigenvalue weighted by Crippen LogP contribution is 2.37. The van der Waals surface area contributed by atoms with E-state index in [9.17, 15) is 14.4 Å². The van der Waals surface area contributed by atoms with E-state index < -0.39 is 5.97 Å². The maximum absolute atomic E-state index is 12.3. The predicted molar refractivity (Wildman–Crippen MR) is 94.4 cm³/mol. The van der Waals surface area contributed by atoms with Gasteiger partial charge >= 0.3 is 5.97 Å². The normalized spacial score (nSPS) is 15.4. The van der Waals surface area contributed by atoms with Crippen LogP contribution in [0.4, 0.5) is 5.69 Å². The summed E-state index contributed by atoms with van der Waals surface area (Å²) < 4.78 is 0. The molecule has 0 aromatic heterocycles. The molecule has 1 aliphatic carbocycles. The van der Waals surface area contributed by atoms with Gasteiger partial charge in [-0.3, -0.25) is 9.59 Å². The van der Waals surface area contributed by atoms with Gasteiger partial charge in [0, 0.05) is 23.2 Å². The molecule has 0 fully saturated rings. The second kappa shape index (κ2) is 6.16.